The van der Waals surface area contributed by atoms with Crippen molar-refractivity contribution in [3.8, 4) is 0 Å². The number of carbonyl (C=O) groups is 2. The van der Waals surface area contributed by atoms with Crippen LogP contribution in [0.3, 0.4) is 0 Å². The number of amides is 2. The average molecular weight is 340 g/mol. The highest BCUT2D eigenvalue weighted by molar-refractivity contribution is 6.42. The van der Waals surface area contributed by atoms with Crippen molar-refractivity contribution in [2.45, 2.75) is 6.92 Å². The number of rotatable bonds is 3. The first-order valence-electron chi connectivity index (χ1n) is 6.11. The highest BCUT2D eigenvalue weighted by Gasteiger charge is 2.13. The molecule has 0 saturated heterocycles. The van der Waals surface area contributed by atoms with Crippen LogP contribution in [0.25, 0.3) is 0 Å². The van der Waals surface area contributed by atoms with Crippen LogP contribution < -0.4 is 10.7 Å². The molecule has 1 heterocycles. The SMILES string of the molecule is Cc1ccc(C=NNC(=O)C(=O)Nc2ccc(Cl)c(Cl)c2)o1. The molecular formula is C14H11Cl2N3O3. The van der Waals surface area contributed by atoms with E-state index in [2.05, 4.69) is 15.8 Å². The molecule has 0 atom stereocenters. The number of furan rings is 1. The quantitative estimate of drug-likeness (QED) is 0.512. The van der Waals surface area contributed by atoms with Crippen molar-refractivity contribution >= 4 is 46.9 Å². The van der Waals surface area contributed by atoms with Gasteiger partial charge in [-0.2, -0.15) is 5.10 Å². The van der Waals surface area contributed by atoms with Crippen molar-refractivity contribution in [3.05, 3.63) is 51.9 Å². The van der Waals surface area contributed by atoms with Gasteiger partial charge >= 0.3 is 11.8 Å². The van der Waals surface area contributed by atoms with E-state index < -0.39 is 11.8 Å². The first-order chi connectivity index (χ1) is 10.5. The van der Waals surface area contributed by atoms with Crippen LogP contribution in [-0.2, 0) is 9.59 Å². The van der Waals surface area contributed by atoms with Gasteiger partial charge in [0.2, 0.25) is 0 Å². The first-order valence-corrected chi connectivity index (χ1v) is 6.87. The van der Waals surface area contributed by atoms with Crippen molar-refractivity contribution < 1.29 is 14.0 Å². The summed E-state index contributed by atoms with van der Waals surface area (Å²) >= 11 is 11.6. The smallest absolute Gasteiger partial charge is 0.329 e. The number of hydrogen-bond donors (Lipinski definition) is 2. The van der Waals surface area contributed by atoms with Gasteiger partial charge in [-0.15, -0.1) is 0 Å². The molecule has 0 saturated carbocycles. The fourth-order valence-corrected chi connectivity index (χ4v) is 1.79. The van der Waals surface area contributed by atoms with Crippen molar-refractivity contribution in [3.63, 3.8) is 0 Å². The van der Waals surface area contributed by atoms with Crippen LogP contribution in [0.2, 0.25) is 10.0 Å². The van der Waals surface area contributed by atoms with E-state index >= 15 is 0 Å². The zero-order valence-electron chi connectivity index (χ0n) is 11.4. The van der Waals surface area contributed by atoms with Gasteiger partial charge in [-0.05, 0) is 37.3 Å². The Kier molecular flexibility index (Phi) is 5.19. The van der Waals surface area contributed by atoms with E-state index in [9.17, 15) is 9.59 Å². The lowest BCUT2D eigenvalue weighted by atomic mass is 10.3. The summed E-state index contributed by atoms with van der Waals surface area (Å²) in [6.45, 7) is 1.78. The van der Waals surface area contributed by atoms with Gasteiger partial charge in [0.1, 0.15) is 11.5 Å². The molecule has 6 nitrogen and oxygen atoms in total. The summed E-state index contributed by atoms with van der Waals surface area (Å²) in [4.78, 5) is 23.2. The molecular weight excluding hydrogens is 329 g/mol. The topological polar surface area (TPSA) is 83.7 Å². The summed E-state index contributed by atoms with van der Waals surface area (Å²) in [7, 11) is 0. The van der Waals surface area contributed by atoms with Crippen molar-refractivity contribution in [1.29, 1.82) is 0 Å². The number of aryl methyl sites for hydroxylation is 1. The summed E-state index contributed by atoms with van der Waals surface area (Å²) in [5.41, 5.74) is 2.43. The Morgan fingerprint density at radius 3 is 2.55 bits per heavy atom. The normalized spacial score (nSPS) is 10.7. The third-order valence-corrected chi connectivity index (χ3v) is 3.24. The molecule has 2 rings (SSSR count). The fourth-order valence-electron chi connectivity index (χ4n) is 1.49. The summed E-state index contributed by atoms with van der Waals surface area (Å²) in [5.74, 6) is -0.635. The average Bonchev–Trinajstić information content (AvgIpc) is 2.88. The maximum atomic E-state index is 11.7. The molecule has 0 aliphatic rings. The predicted octanol–water partition coefficient (Wildman–Crippen LogP) is 2.98. The van der Waals surface area contributed by atoms with Crippen molar-refractivity contribution in [1.82, 2.24) is 5.43 Å². The van der Waals surface area contributed by atoms with E-state index in [4.69, 9.17) is 27.6 Å². The molecule has 0 bridgehead atoms. The Labute approximate surface area is 136 Å². The minimum absolute atomic E-state index is 0.270. The van der Waals surface area contributed by atoms with E-state index in [1.165, 1.54) is 24.4 Å². The van der Waals surface area contributed by atoms with E-state index in [0.717, 1.165) is 0 Å². The van der Waals surface area contributed by atoms with Crippen LogP contribution in [0.1, 0.15) is 11.5 Å². The first kappa shape index (κ1) is 16.1. The minimum Gasteiger partial charge on any atom is -0.460 e. The third-order valence-electron chi connectivity index (χ3n) is 2.50. The number of nitrogens with zero attached hydrogens (tertiary/aromatic N) is 1. The van der Waals surface area contributed by atoms with Gasteiger partial charge in [0.25, 0.3) is 0 Å². The van der Waals surface area contributed by atoms with Crippen LogP contribution in [-0.4, -0.2) is 18.0 Å². The van der Waals surface area contributed by atoms with Gasteiger partial charge < -0.3 is 9.73 Å². The van der Waals surface area contributed by atoms with E-state index in [0.29, 0.717) is 22.2 Å². The standard InChI is InChI=1S/C14H11Cl2N3O3/c1-8-2-4-10(22-8)7-17-19-14(21)13(20)18-9-3-5-11(15)12(16)6-9/h2-7H,1H3,(H,18,20)(H,19,21). The predicted molar refractivity (Wildman–Crippen MR) is 84.3 cm³/mol. The molecule has 0 aliphatic carbocycles. The number of anilines is 1. The maximum Gasteiger partial charge on any atom is 0.329 e. The zero-order valence-corrected chi connectivity index (χ0v) is 12.9. The molecule has 0 unspecified atom stereocenters. The van der Waals surface area contributed by atoms with Crippen LogP contribution in [0.5, 0.6) is 0 Å². The van der Waals surface area contributed by atoms with Crippen molar-refractivity contribution in [2.24, 2.45) is 5.10 Å². The van der Waals surface area contributed by atoms with Gasteiger partial charge in [-0.1, -0.05) is 23.2 Å². The van der Waals surface area contributed by atoms with Gasteiger partial charge in [0, 0.05) is 5.69 Å². The number of carbonyl (C=O) groups excluding carboxylic acids is 2. The molecule has 2 aromatic rings. The molecule has 0 aliphatic heterocycles. The lowest BCUT2D eigenvalue weighted by Gasteiger charge is -2.04. The van der Waals surface area contributed by atoms with Crippen LogP contribution in [0.4, 0.5) is 5.69 Å². The second-order valence-corrected chi connectivity index (χ2v) is 5.04. The number of hydrazone groups is 1. The second kappa shape index (κ2) is 7.11. The molecule has 2 amide bonds. The Hall–Kier alpha value is -2.31. The van der Waals surface area contributed by atoms with Gasteiger partial charge in [0.15, 0.2) is 0 Å². The summed E-state index contributed by atoms with van der Waals surface area (Å²) in [6, 6.07) is 7.90. The Morgan fingerprint density at radius 1 is 1.14 bits per heavy atom. The Morgan fingerprint density at radius 2 is 1.91 bits per heavy atom. The lowest BCUT2D eigenvalue weighted by Crippen LogP contribution is -2.32. The van der Waals surface area contributed by atoms with Crippen LogP contribution >= 0.6 is 23.2 Å². The highest BCUT2D eigenvalue weighted by atomic mass is 35.5. The Bertz CT molecular complexity index is 741. The maximum absolute atomic E-state index is 11.7. The molecule has 22 heavy (non-hydrogen) atoms. The molecule has 114 valence electrons. The van der Waals surface area contributed by atoms with E-state index in [1.807, 2.05) is 0 Å². The number of nitrogens with one attached hydrogen (secondary N) is 2. The molecule has 0 spiro atoms. The largest absolute Gasteiger partial charge is 0.460 e. The molecule has 0 fully saturated rings. The number of hydrogen-bond acceptors (Lipinski definition) is 4. The van der Waals surface area contributed by atoms with Crippen LogP contribution in [0, 0.1) is 6.92 Å². The lowest BCUT2D eigenvalue weighted by molar-refractivity contribution is -0.136. The second-order valence-electron chi connectivity index (χ2n) is 4.23. The van der Waals surface area contributed by atoms with E-state index in [-0.39, 0.29) is 5.02 Å². The van der Waals surface area contributed by atoms with Gasteiger partial charge in [-0.25, -0.2) is 5.43 Å². The molecule has 8 heteroatoms. The molecule has 2 N–H and O–H groups in total. The Balaban J connectivity index is 1.90. The third kappa shape index (κ3) is 4.34. The van der Waals surface area contributed by atoms with Crippen LogP contribution in [0.15, 0.2) is 39.9 Å². The molecule has 1 aromatic carbocycles. The highest BCUT2D eigenvalue weighted by Crippen LogP contribution is 2.24. The summed E-state index contributed by atoms with van der Waals surface area (Å²) in [6.07, 6.45) is 1.29. The van der Waals surface area contributed by atoms with E-state index in [1.54, 1.807) is 19.1 Å². The minimum atomic E-state index is -0.925. The molecule has 0 radical (unpaired) electrons. The summed E-state index contributed by atoms with van der Waals surface area (Å²) < 4.78 is 5.22. The summed E-state index contributed by atoms with van der Waals surface area (Å²) in [5, 5.41) is 6.61. The zero-order chi connectivity index (χ0) is 16.1. The monoisotopic (exact) mass is 339 g/mol. The van der Waals surface area contributed by atoms with Gasteiger partial charge in [-0.3, -0.25) is 9.59 Å². The number of halogens is 2. The fraction of sp³-hybridized carbons (Fsp3) is 0.0714. The van der Waals surface area contributed by atoms with Gasteiger partial charge in [0.05, 0.1) is 16.3 Å². The number of benzene rings is 1. The van der Waals surface area contributed by atoms with Crippen molar-refractivity contribution in [2.75, 3.05) is 5.32 Å². The molecule has 1 aromatic heterocycles.